The minimum Gasteiger partial charge on any atom is -0.439 e. The number of likely N-dealkylation sites (tertiary alicyclic amines) is 1. The number of aliphatic hydroxyl groups is 1. The molecule has 1 aliphatic heterocycles. The fourth-order valence-corrected chi connectivity index (χ4v) is 2.75. The predicted octanol–water partition coefficient (Wildman–Crippen LogP) is 3.20. The first-order valence-electron chi connectivity index (χ1n) is 7.12. The molecule has 1 aliphatic rings. The van der Waals surface area contributed by atoms with Crippen molar-refractivity contribution in [2.75, 3.05) is 13.1 Å². The Morgan fingerprint density at radius 1 is 1.43 bits per heavy atom. The van der Waals surface area contributed by atoms with E-state index < -0.39 is 5.60 Å². The Morgan fingerprint density at radius 2 is 2.19 bits per heavy atom. The summed E-state index contributed by atoms with van der Waals surface area (Å²) in [5.74, 6) is 1.64. The largest absolute Gasteiger partial charge is 0.439 e. The van der Waals surface area contributed by atoms with Crippen molar-refractivity contribution in [1.29, 1.82) is 0 Å². The molecule has 0 aliphatic carbocycles. The highest BCUT2D eigenvalue weighted by Crippen LogP contribution is 2.30. The van der Waals surface area contributed by atoms with Gasteiger partial charge in [0.05, 0.1) is 18.3 Å². The number of halogens is 1. The van der Waals surface area contributed by atoms with Gasteiger partial charge >= 0.3 is 0 Å². The number of aromatic nitrogens is 1. The van der Waals surface area contributed by atoms with E-state index in [0.717, 1.165) is 5.56 Å². The summed E-state index contributed by atoms with van der Waals surface area (Å²) in [5, 5.41) is 10.9. The molecule has 1 fully saturated rings. The van der Waals surface area contributed by atoms with Gasteiger partial charge in [-0.25, -0.2) is 4.98 Å². The van der Waals surface area contributed by atoms with E-state index in [-0.39, 0.29) is 5.92 Å². The van der Waals surface area contributed by atoms with Gasteiger partial charge < -0.3 is 9.52 Å². The van der Waals surface area contributed by atoms with Gasteiger partial charge in [0.2, 0.25) is 5.89 Å². The first-order valence-corrected chi connectivity index (χ1v) is 7.49. The van der Waals surface area contributed by atoms with Gasteiger partial charge in [-0.3, -0.25) is 4.90 Å². The lowest BCUT2D eigenvalue weighted by Gasteiger charge is -2.48. The van der Waals surface area contributed by atoms with Crippen molar-refractivity contribution in [3.63, 3.8) is 0 Å². The molecule has 1 N–H and O–H groups in total. The maximum Gasteiger partial charge on any atom is 0.209 e. The fraction of sp³-hybridized carbons (Fsp3) is 0.438. The number of hydrogen-bond acceptors (Lipinski definition) is 4. The van der Waals surface area contributed by atoms with E-state index in [2.05, 4.69) is 9.88 Å². The van der Waals surface area contributed by atoms with E-state index in [1.165, 1.54) is 0 Å². The van der Waals surface area contributed by atoms with Crippen LogP contribution < -0.4 is 0 Å². The molecule has 5 heteroatoms. The summed E-state index contributed by atoms with van der Waals surface area (Å²) in [7, 11) is 0. The molecule has 0 amide bonds. The zero-order valence-corrected chi connectivity index (χ0v) is 13.0. The Balaban J connectivity index is 1.65. The van der Waals surface area contributed by atoms with Gasteiger partial charge in [-0.1, -0.05) is 37.6 Å². The number of oxazole rings is 1. The van der Waals surface area contributed by atoms with E-state index in [1.54, 1.807) is 6.20 Å². The van der Waals surface area contributed by atoms with Gasteiger partial charge in [0.25, 0.3) is 0 Å². The van der Waals surface area contributed by atoms with Gasteiger partial charge in [0, 0.05) is 23.7 Å². The first-order chi connectivity index (χ1) is 9.96. The zero-order chi connectivity index (χ0) is 15.0. The minimum atomic E-state index is -0.567. The molecule has 3 rings (SSSR count). The molecule has 21 heavy (non-hydrogen) atoms. The Kier molecular flexibility index (Phi) is 3.78. The van der Waals surface area contributed by atoms with E-state index in [9.17, 15) is 5.11 Å². The molecule has 0 spiro atoms. The van der Waals surface area contributed by atoms with Crippen molar-refractivity contribution in [3.8, 4) is 11.3 Å². The van der Waals surface area contributed by atoms with Gasteiger partial charge in [0.1, 0.15) is 0 Å². The van der Waals surface area contributed by atoms with Crippen molar-refractivity contribution in [1.82, 2.24) is 9.88 Å². The molecule has 0 bridgehead atoms. The van der Waals surface area contributed by atoms with E-state index in [1.807, 2.05) is 38.1 Å². The number of rotatable bonds is 4. The summed E-state index contributed by atoms with van der Waals surface area (Å²) in [6.45, 7) is 6.04. The second kappa shape index (κ2) is 5.44. The topological polar surface area (TPSA) is 49.5 Å². The summed E-state index contributed by atoms with van der Waals surface area (Å²) < 4.78 is 5.77. The number of benzene rings is 1. The molecule has 2 heterocycles. The van der Waals surface area contributed by atoms with Gasteiger partial charge in [-0.15, -0.1) is 0 Å². The summed E-state index contributed by atoms with van der Waals surface area (Å²) >= 11 is 5.98. The highest BCUT2D eigenvalue weighted by Gasteiger charge is 2.43. The van der Waals surface area contributed by atoms with Crippen molar-refractivity contribution in [2.24, 2.45) is 5.92 Å². The second-order valence-corrected chi connectivity index (χ2v) is 6.47. The van der Waals surface area contributed by atoms with Crippen LogP contribution in [0.5, 0.6) is 0 Å². The van der Waals surface area contributed by atoms with Gasteiger partial charge in [-0.05, 0) is 18.1 Å². The normalized spacial score (nSPS) is 18.0. The van der Waals surface area contributed by atoms with E-state index in [0.29, 0.717) is 36.3 Å². The van der Waals surface area contributed by atoms with Crippen molar-refractivity contribution < 1.29 is 9.52 Å². The van der Waals surface area contributed by atoms with Crippen molar-refractivity contribution >= 4 is 11.6 Å². The van der Waals surface area contributed by atoms with Crippen LogP contribution in [0.2, 0.25) is 5.02 Å². The molecule has 4 nitrogen and oxygen atoms in total. The molecule has 0 atom stereocenters. The fourth-order valence-electron chi connectivity index (χ4n) is 2.55. The van der Waals surface area contributed by atoms with Crippen LogP contribution in [0.25, 0.3) is 11.3 Å². The Bertz CT molecular complexity index is 633. The van der Waals surface area contributed by atoms with Crippen molar-refractivity contribution in [2.45, 2.75) is 26.0 Å². The summed E-state index contributed by atoms with van der Waals surface area (Å²) in [4.78, 5) is 6.44. The van der Waals surface area contributed by atoms with Crippen LogP contribution in [0.1, 0.15) is 19.7 Å². The average molecular weight is 307 g/mol. The van der Waals surface area contributed by atoms with Crippen LogP contribution in [-0.4, -0.2) is 33.7 Å². The van der Waals surface area contributed by atoms with Crippen LogP contribution in [0.15, 0.2) is 34.9 Å². The molecule has 0 unspecified atom stereocenters. The molecule has 112 valence electrons. The molecule has 0 saturated carbocycles. The molecule has 0 radical (unpaired) electrons. The molecule has 2 aromatic rings. The third kappa shape index (κ3) is 2.98. The molecular weight excluding hydrogens is 288 g/mol. The average Bonchev–Trinajstić information content (AvgIpc) is 2.85. The van der Waals surface area contributed by atoms with Gasteiger partial charge in [-0.2, -0.15) is 0 Å². The molecule has 1 aromatic heterocycles. The van der Waals surface area contributed by atoms with Crippen LogP contribution >= 0.6 is 11.6 Å². The number of β-amino-alcohol motifs (C(OH)–C–C–N with tert-alkyl or cyclic N) is 1. The van der Waals surface area contributed by atoms with Gasteiger partial charge in [0.15, 0.2) is 5.76 Å². The highest BCUT2D eigenvalue weighted by atomic mass is 35.5. The maximum atomic E-state index is 10.2. The highest BCUT2D eigenvalue weighted by molar-refractivity contribution is 6.30. The lowest BCUT2D eigenvalue weighted by molar-refractivity contribution is -0.132. The number of hydrogen-bond donors (Lipinski definition) is 1. The Hall–Kier alpha value is -1.36. The minimum absolute atomic E-state index is 0.264. The lowest BCUT2D eigenvalue weighted by atomic mass is 9.83. The van der Waals surface area contributed by atoms with Crippen LogP contribution in [0, 0.1) is 5.92 Å². The number of nitrogens with zero attached hydrogens (tertiary/aromatic N) is 2. The zero-order valence-electron chi connectivity index (χ0n) is 12.2. The molecule has 1 saturated heterocycles. The predicted molar refractivity (Wildman–Crippen MR) is 82.0 cm³/mol. The Morgan fingerprint density at radius 3 is 2.86 bits per heavy atom. The monoisotopic (exact) mass is 306 g/mol. The molecule has 1 aromatic carbocycles. The van der Waals surface area contributed by atoms with E-state index in [4.69, 9.17) is 16.0 Å². The third-order valence-electron chi connectivity index (χ3n) is 4.09. The smallest absolute Gasteiger partial charge is 0.209 e. The van der Waals surface area contributed by atoms with Crippen LogP contribution in [-0.2, 0) is 6.54 Å². The first kappa shape index (κ1) is 14.6. The van der Waals surface area contributed by atoms with Crippen LogP contribution in [0.3, 0.4) is 0 Å². The maximum absolute atomic E-state index is 10.2. The van der Waals surface area contributed by atoms with Crippen molar-refractivity contribution in [3.05, 3.63) is 41.4 Å². The summed E-state index contributed by atoms with van der Waals surface area (Å²) in [6.07, 6.45) is 1.72. The second-order valence-electron chi connectivity index (χ2n) is 6.03. The summed E-state index contributed by atoms with van der Waals surface area (Å²) in [6, 6.07) is 7.51. The SMILES string of the molecule is CC(C)C1(O)CN(Cc2ncc(-c3cccc(Cl)c3)o2)C1. The third-order valence-corrected chi connectivity index (χ3v) is 4.33. The summed E-state index contributed by atoms with van der Waals surface area (Å²) in [5.41, 5.74) is 0.353. The quantitative estimate of drug-likeness (QED) is 0.942. The van der Waals surface area contributed by atoms with E-state index >= 15 is 0 Å². The Labute approximate surface area is 129 Å². The molecular formula is C16H19ClN2O2. The standard InChI is InChI=1S/C16H19ClN2O2/c1-11(2)16(20)9-19(10-16)8-15-18-7-14(21-15)12-4-3-5-13(17)6-12/h3-7,11,20H,8-10H2,1-2H3. The lowest BCUT2D eigenvalue weighted by Crippen LogP contribution is -2.63. The van der Waals surface area contributed by atoms with Crippen LogP contribution in [0.4, 0.5) is 0 Å².